The van der Waals surface area contributed by atoms with Crippen LogP contribution in [0.2, 0.25) is 0 Å². The highest BCUT2D eigenvalue weighted by Crippen LogP contribution is 2.38. The second kappa shape index (κ2) is 6.23. The molecule has 8 heteroatoms. The van der Waals surface area contributed by atoms with Gasteiger partial charge in [-0.05, 0) is 29.8 Å². The minimum Gasteiger partial charge on any atom is -0.508 e. The molecule has 23 heavy (non-hydrogen) atoms. The first-order valence-electron chi connectivity index (χ1n) is 6.77. The predicted octanol–water partition coefficient (Wildman–Crippen LogP) is 1.86. The van der Waals surface area contributed by atoms with Gasteiger partial charge in [0.2, 0.25) is 5.91 Å². The Morgan fingerprint density at radius 1 is 1.09 bits per heavy atom. The molecule has 0 radical (unpaired) electrons. The molecule has 0 spiro atoms. The Bertz CT molecular complexity index is 807. The monoisotopic (exact) mass is 350 g/mol. The summed E-state index contributed by atoms with van der Waals surface area (Å²) in [6.07, 6.45) is 0. The second-order valence-corrected chi connectivity index (χ2v) is 7.66. The van der Waals surface area contributed by atoms with Crippen LogP contribution in [-0.4, -0.2) is 30.2 Å². The molecule has 1 saturated heterocycles. The molecule has 0 aliphatic carbocycles. The number of carbonyl (C=O) groups excluding carboxylic acids is 1. The fraction of sp³-hybridized carbons (Fsp3) is 0.133. The van der Waals surface area contributed by atoms with Crippen molar-refractivity contribution < 1.29 is 18.3 Å². The summed E-state index contributed by atoms with van der Waals surface area (Å²) >= 11 is 1.32. The van der Waals surface area contributed by atoms with Crippen LogP contribution in [0.25, 0.3) is 0 Å². The van der Waals surface area contributed by atoms with E-state index < -0.39 is 15.4 Å². The molecule has 1 aliphatic heterocycles. The highest BCUT2D eigenvalue weighted by atomic mass is 32.2. The van der Waals surface area contributed by atoms with Gasteiger partial charge in [0.1, 0.15) is 11.1 Å². The Morgan fingerprint density at radius 2 is 1.74 bits per heavy atom. The summed E-state index contributed by atoms with van der Waals surface area (Å²) in [7, 11) is -3.83. The summed E-state index contributed by atoms with van der Waals surface area (Å²) < 4.78 is 24.8. The van der Waals surface area contributed by atoms with Crippen molar-refractivity contribution in [1.29, 1.82) is 0 Å². The Morgan fingerprint density at radius 3 is 2.39 bits per heavy atom. The van der Waals surface area contributed by atoms with Gasteiger partial charge < -0.3 is 5.11 Å². The standard InChI is InChI=1S/C15H14N2O4S2/c18-12-8-6-11(7-9-12)15-17(14(19)10-22-15)16-23(20,21)13-4-2-1-3-5-13/h1-9,15-16,18H,10H2/t15-/m0/s1. The Kier molecular flexibility index (Phi) is 4.29. The number of aromatic hydroxyl groups is 1. The summed E-state index contributed by atoms with van der Waals surface area (Å²) in [5.41, 5.74) is 0.731. The summed E-state index contributed by atoms with van der Waals surface area (Å²) in [5, 5.41) is 10.0. The molecule has 1 fully saturated rings. The number of hydrogen-bond donors (Lipinski definition) is 2. The van der Waals surface area contributed by atoms with E-state index in [2.05, 4.69) is 4.83 Å². The van der Waals surface area contributed by atoms with Gasteiger partial charge in [-0.2, -0.15) is 0 Å². The SMILES string of the molecule is O=C1CS[C@@H](c2ccc(O)cc2)N1NS(=O)(=O)c1ccccc1. The van der Waals surface area contributed by atoms with Gasteiger partial charge in [0, 0.05) is 0 Å². The third kappa shape index (κ3) is 3.34. The molecule has 1 atom stereocenters. The van der Waals surface area contributed by atoms with Gasteiger partial charge in [-0.15, -0.1) is 16.6 Å². The van der Waals surface area contributed by atoms with E-state index in [9.17, 15) is 18.3 Å². The number of benzene rings is 2. The molecule has 1 aliphatic rings. The van der Waals surface area contributed by atoms with Crippen molar-refractivity contribution in [1.82, 2.24) is 9.84 Å². The van der Waals surface area contributed by atoms with Gasteiger partial charge in [0.15, 0.2) is 0 Å². The van der Waals surface area contributed by atoms with E-state index in [1.807, 2.05) is 0 Å². The normalized spacial score (nSPS) is 18.3. The van der Waals surface area contributed by atoms with E-state index in [1.54, 1.807) is 30.3 Å². The number of nitrogens with zero attached hydrogens (tertiary/aromatic N) is 1. The predicted molar refractivity (Wildman–Crippen MR) is 86.9 cm³/mol. The molecule has 3 rings (SSSR count). The molecule has 2 aromatic rings. The van der Waals surface area contributed by atoms with Crippen LogP contribution in [0.5, 0.6) is 5.75 Å². The van der Waals surface area contributed by atoms with E-state index in [-0.39, 0.29) is 22.3 Å². The lowest BCUT2D eigenvalue weighted by molar-refractivity contribution is -0.129. The third-order valence-corrected chi connectivity index (χ3v) is 5.86. The number of phenols is 1. The molecule has 6 nitrogen and oxygen atoms in total. The maximum Gasteiger partial charge on any atom is 0.257 e. The van der Waals surface area contributed by atoms with Crippen molar-refractivity contribution in [2.75, 3.05) is 5.75 Å². The van der Waals surface area contributed by atoms with Crippen LogP contribution < -0.4 is 4.83 Å². The smallest absolute Gasteiger partial charge is 0.257 e. The number of amides is 1. The van der Waals surface area contributed by atoms with E-state index in [0.29, 0.717) is 0 Å². The van der Waals surface area contributed by atoms with Crippen molar-refractivity contribution in [2.45, 2.75) is 10.3 Å². The van der Waals surface area contributed by atoms with Gasteiger partial charge in [0.25, 0.3) is 10.0 Å². The van der Waals surface area contributed by atoms with Crippen molar-refractivity contribution in [2.24, 2.45) is 0 Å². The summed E-state index contributed by atoms with van der Waals surface area (Å²) in [6.45, 7) is 0. The minimum absolute atomic E-state index is 0.0918. The molecule has 2 N–H and O–H groups in total. The number of nitrogens with one attached hydrogen (secondary N) is 1. The number of phenolic OH excluding ortho intramolecular Hbond substituents is 1. The second-order valence-electron chi connectivity index (χ2n) is 4.93. The highest BCUT2D eigenvalue weighted by molar-refractivity contribution is 8.00. The van der Waals surface area contributed by atoms with Gasteiger partial charge in [-0.25, -0.2) is 13.4 Å². The molecule has 0 saturated carbocycles. The number of carbonyl (C=O) groups is 1. The molecular formula is C15H14N2O4S2. The zero-order valence-corrected chi connectivity index (χ0v) is 13.5. The molecular weight excluding hydrogens is 336 g/mol. The maximum absolute atomic E-state index is 12.4. The first-order valence-corrected chi connectivity index (χ1v) is 9.31. The van der Waals surface area contributed by atoms with Crippen molar-refractivity contribution in [3.63, 3.8) is 0 Å². The first kappa shape index (κ1) is 15.9. The van der Waals surface area contributed by atoms with E-state index >= 15 is 0 Å². The van der Waals surface area contributed by atoms with Gasteiger partial charge in [-0.1, -0.05) is 30.3 Å². The summed E-state index contributed by atoms with van der Waals surface area (Å²) in [4.78, 5) is 14.5. The van der Waals surface area contributed by atoms with Crippen molar-refractivity contribution >= 4 is 27.7 Å². The number of hydrazine groups is 1. The largest absolute Gasteiger partial charge is 0.508 e. The number of thioether (sulfide) groups is 1. The van der Waals surface area contributed by atoms with Crippen LogP contribution >= 0.6 is 11.8 Å². The lowest BCUT2D eigenvalue weighted by Gasteiger charge is -2.24. The van der Waals surface area contributed by atoms with Crippen LogP contribution in [0.1, 0.15) is 10.9 Å². The van der Waals surface area contributed by atoms with E-state index in [4.69, 9.17) is 0 Å². The molecule has 1 amide bonds. The van der Waals surface area contributed by atoms with Crippen molar-refractivity contribution in [3.05, 3.63) is 60.2 Å². The zero-order chi connectivity index (χ0) is 16.4. The summed E-state index contributed by atoms with van der Waals surface area (Å²) in [6, 6.07) is 14.2. The Hall–Kier alpha value is -2.03. The van der Waals surface area contributed by atoms with Crippen LogP contribution in [0, 0.1) is 0 Å². The molecule has 2 aromatic carbocycles. The fourth-order valence-electron chi connectivity index (χ4n) is 2.19. The van der Waals surface area contributed by atoms with Crippen LogP contribution in [0.3, 0.4) is 0 Å². The molecule has 120 valence electrons. The average molecular weight is 350 g/mol. The number of rotatable bonds is 4. The zero-order valence-electron chi connectivity index (χ0n) is 11.9. The van der Waals surface area contributed by atoms with Crippen LogP contribution in [0.4, 0.5) is 0 Å². The molecule has 1 heterocycles. The van der Waals surface area contributed by atoms with Gasteiger partial charge in [0.05, 0.1) is 10.6 Å². The maximum atomic E-state index is 12.4. The fourth-order valence-corrected chi connectivity index (χ4v) is 4.45. The van der Waals surface area contributed by atoms with E-state index in [0.717, 1.165) is 10.6 Å². The lowest BCUT2D eigenvalue weighted by Crippen LogP contribution is -2.44. The molecule has 0 aromatic heterocycles. The number of sulfonamides is 1. The Balaban J connectivity index is 1.87. The first-order chi connectivity index (χ1) is 11.0. The lowest BCUT2D eigenvalue weighted by atomic mass is 10.2. The highest BCUT2D eigenvalue weighted by Gasteiger charge is 2.36. The van der Waals surface area contributed by atoms with E-state index in [1.165, 1.54) is 36.0 Å². The topological polar surface area (TPSA) is 86.7 Å². The van der Waals surface area contributed by atoms with Gasteiger partial charge in [-0.3, -0.25) is 4.79 Å². The molecule has 0 unspecified atom stereocenters. The van der Waals surface area contributed by atoms with Crippen LogP contribution in [-0.2, 0) is 14.8 Å². The Labute approximate surface area is 138 Å². The third-order valence-electron chi connectivity index (χ3n) is 3.32. The molecule has 0 bridgehead atoms. The van der Waals surface area contributed by atoms with Gasteiger partial charge >= 0.3 is 0 Å². The average Bonchev–Trinajstić information content (AvgIpc) is 2.90. The minimum atomic E-state index is -3.83. The quantitative estimate of drug-likeness (QED) is 0.879. The number of hydrogen-bond acceptors (Lipinski definition) is 5. The van der Waals surface area contributed by atoms with Crippen LogP contribution in [0.15, 0.2) is 59.5 Å². The summed E-state index contributed by atoms with van der Waals surface area (Å²) in [5.74, 6) is -0.0184. The van der Waals surface area contributed by atoms with Crippen molar-refractivity contribution in [3.8, 4) is 5.75 Å².